The number of carbonyl (C=O) groups excluding carboxylic acids is 1. The molecule has 1 fully saturated rings. The van der Waals surface area contributed by atoms with Crippen molar-refractivity contribution >= 4 is 11.9 Å². The highest BCUT2D eigenvalue weighted by atomic mass is 16.5. The van der Waals surface area contributed by atoms with E-state index >= 15 is 0 Å². The highest BCUT2D eigenvalue weighted by Crippen LogP contribution is 2.26. The summed E-state index contributed by atoms with van der Waals surface area (Å²) in [6.07, 6.45) is 4.40. The van der Waals surface area contributed by atoms with Gasteiger partial charge in [0.15, 0.2) is 0 Å². The SMILES string of the molecule is CCc1noc(C)c1C(=O)N(CC(=O)O)C1CCCC1. The summed E-state index contributed by atoms with van der Waals surface area (Å²) < 4.78 is 5.08. The molecule has 1 aliphatic carbocycles. The zero-order chi connectivity index (χ0) is 14.7. The van der Waals surface area contributed by atoms with Crippen LogP contribution in [-0.2, 0) is 11.2 Å². The van der Waals surface area contributed by atoms with Crippen LogP contribution in [0.4, 0.5) is 0 Å². The van der Waals surface area contributed by atoms with Gasteiger partial charge in [-0.05, 0) is 26.2 Å². The first-order valence-corrected chi connectivity index (χ1v) is 7.02. The molecule has 1 aliphatic rings. The molecule has 0 spiro atoms. The number of aryl methyl sites for hydroxylation is 2. The zero-order valence-electron chi connectivity index (χ0n) is 11.9. The maximum atomic E-state index is 12.7. The van der Waals surface area contributed by atoms with E-state index in [2.05, 4.69) is 5.16 Å². The quantitative estimate of drug-likeness (QED) is 0.892. The third kappa shape index (κ3) is 2.84. The first kappa shape index (κ1) is 14.6. The van der Waals surface area contributed by atoms with Gasteiger partial charge in [0.25, 0.3) is 5.91 Å². The van der Waals surface area contributed by atoms with Crippen LogP contribution in [0.1, 0.15) is 54.4 Å². The lowest BCUT2D eigenvalue weighted by Gasteiger charge is -2.27. The van der Waals surface area contributed by atoms with Gasteiger partial charge in [-0.15, -0.1) is 0 Å². The molecule has 2 rings (SSSR count). The molecular formula is C14H20N2O4. The smallest absolute Gasteiger partial charge is 0.323 e. The molecule has 0 unspecified atom stereocenters. The van der Waals surface area contributed by atoms with E-state index in [4.69, 9.17) is 9.63 Å². The Bertz CT molecular complexity index is 503. The number of rotatable bonds is 5. The first-order valence-electron chi connectivity index (χ1n) is 7.02. The number of hydrogen-bond acceptors (Lipinski definition) is 4. The number of amides is 1. The van der Waals surface area contributed by atoms with Crippen molar-refractivity contribution in [3.63, 3.8) is 0 Å². The molecule has 0 saturated heterocycles. The molecule has 6 heteroatoms. The Labute approximate surface area is 117 Å². The molecular weight excluding hydrogens is 260 g/mol. The van der Waals surface area contributed by atoms with Crippen molar-refractivity contribution in [2.45, 2.75) is 52.0 Å². The average molecular weight is 280 g/mol. The van der Waals surface area contributed by atoms with Gasteiger partial charge in [0.2, 0.25) is 0 Å². The van der Waals surface area contributed by atoms with Crippen molar-refractivity contribution in [1.29, 1.82) is 0 Å². The molecule has 6 nitrogen and oxygen atoms in total. The van der Waals surface area contributed by atoms with Gasteiger partial charge >= 0.3 is 5.97 Å². The van der Waals surface area contributed by atoms with E-state index in [9.17, 15) is 9.59 Å². The minimum absolute atomic E-state index is 0.0117. The summed E-state index contributed by atoms with van der Waals surface area (Å²) in [5.74, 6) is -0.799. The monoisotopic (exact) mass is 280 g/mol. The highest BCUT2D eigenvalue weighted by Gasteiger charge is 2.32. The molecule has 1 heterocycles. The lowest BCUT2D eigenvalue weighted by molar-refractivity contribution is -0.138. The van der Waals surface area contributed by atoms with E-state index in [0.717, 1.165) is 25.7 Å². The third-order valence-electron chi connectivity index (χ3n) is 3.81. The second kappa shape index (κ2) is 6.07. The molecule has 1 saturated carbocycles. The average Bonchev–Trinajstić information content (AvgIpc) is 3.04. The predicted molar refractivity (Wildman–Crippen MR) is 71.5 cm³/mol. The second-order valence-electron chi connectivity index (χ2n) is 5.18. The summed E-state index contributed by atoms with van der Waals surface area (Å²) in [6, 6.07) is 0.0117. The Kier molecular flexibility index (Phi) is 4.42. The van der Waals surface area contributed by atoms with Crippen LogP contribution in [0.2, 0.25) is 0 Å². The fraction of sp³-hybridized carbons (Fsp3) is 0.643. The number of hydrogen-bond donors (Lipinski definition) is 1. The zero-order valence-corrected chi connectivity index (χ0v) is 11.9. The van der Waals surface area contributed by atoms with E-state index in [1.165, 1.54) is 4.90 Å². The van der Waals surface area contributed by atoms with Crippen LogP contribution in [0.5, 0.6) is 0 Å². The van der Waals surface area contributed by atoms with E-state index in [1.807, 2.05) is 6.92 Å². The maximum absolute atomic E-state index is 12.7. The fourth-order valence-electron chi connectivity index (χ4n) is 2.81. The van der Waals surface area contributed by atoms with E-state index in [1.54, 1.807) is 6.92 Å². The van der Waals surface area contributed by atoms with Gasteiger partial charge < -0.3 is 14.5 Å². The van der Waals surface area contributed by atoms with Crippen LogP contribution in [-0.4, -0.2) is 39.6 Å². The number of carbonyl (C=O) groups is 2. The van der Waals surface area contributed by atoms with E-state index in [0.29, 0.717) is 23.4 Å². The van der Waals surface area contributed by atoms with Crippen LogP contribution in [0.3, 0.4) is 0 Å². The van der Waals surface area contributed by atoms with Crippen molar-refractivity contribution in [2.24, 2.45) is 0 Å². The number of carboxylic acids is 1. The lowest BCUT2D eigenvalue weighted by atomic mass is 10.1. The Hall–Kier alpha value is -1.85. The molecule has 0 radical (unpaired) electrons. The van der Waals surface area contributed by atoms with E-state index < -0.39 is 5.97 Å². The number of carboxylic acid groups (broad SMARTS) is 1. The minimum Gasteiger partial charge on any atom is -0.480 e. The first-order chi connectivity index (χ1) is 9.54. The van der Waals surface area contributed by atoms with Crippen LogP contribution in [0.15, 0.2) is 4.52 Å². The summed E-state index contributed by atoms with van der Waals surface area (Å²) in [5, 5.41) is 12.9. The lowest BCUT2D eigenvalue weighted by Crippen LogP contribution is -2.42. The summed E-state index contributed by atoms with van der Waals surface area (Å²) in [7, 11) is 0. The van der Waals surface area contributed by atoms with Crippen LogP contribution in [0.25, 0.3) is 0 Å². The van der Waals surface area contributed by atoms with Crippen molar-refractivity contribution in [1.82, 2.24) is 10.1 Å². The van der Waals surface area contributed by atoms with Crippen molar-refractivity contribution in [2.75, 3.05) is 6.54 Å². The maximum Gasteiger partial charge on any atom is 0.323 e. The molecule has 0 aromatic carbocycles. The highest BCUT2D eigenvalue weighted by molar-refractivity contribution is 5.97. The molecule has 0 aliphatic heterocycles. The van der Waals surface area contributed by atoms with Gasteiger partial charge in [0, 0.05) is 6.04 Å². The fourth-order valence-corrected chi connectivity index (χ4v) is 2.81. The molecule has 110 valence electrons. The Morgan fingerprint density at radius 3 is 2.60 bits per heavy atom. The minimum atomic E-state index is -0.989. The van der Waals surface area contributed by atoms with Crippen LogP contribution < -0.4 is 0 Å². The van der Waals surface area contributed by atoms with Crippen LogP contribution >= 0.6 is 0 Å². The number of aliphatic carboxylic acids is 1. The summed E-state index contributed by atoms with van der Waals surface area (Å²) in [6.45, 7) is 3.31. The normalized spacial score (nSPS) is 15.5. The third-order valence-corrected chi connectivity index (χ3v) is 3.81. The molecule has 1 N–H and O–H groups in total. The molecule has 1 aromatic heterocycles. The van der Waals surface area contributed by atoms with Gasteiger partial charge in [0.1, 0.15) is 17.9 Å². The topological polar surface area (TPSA) is 83.6 Å². The van der Waals surface area contributed by atoms with Crippen molar-refractivity contribution in [3.05, 3.63) is 17.0 Å². The molecule has 20 heavy (non-hydrogen) atoms. The largest absolute Gasteiger partial charge is 0.480 e. The van der Waals surface area contributed by atoms with Crippen molar-refractivity contribution in [3.8, 4) is 0 Å². The summed E-state index contributed by atoms with van der Waals surface area (Å²) in [4.78, 5) is 25.2. The Balaban J connectivity index is 2.29. The standard InChI is InChI=1S/C14H20N2O4/c1-3-11-13(9(2)20-15-11)14(19)16(8-12(17)18)10-6-4-5-7-10/h10H,3-8H2,1-2H3,(H,17,18). The second-order valence-corrected chi connectivity index (χ2v) is 5.18. The Morgan fingerprint density at radius 1 is 1.40 bits per heavy atom. The van der Waals surface area contributed by atoms with Gasteiger partial charge in [-0.2, -0.15) is 0 Å². The van der Waals surface area contributed by atoms with Gasteiger partial charge in [-0.1, -0.05) is 24.9 Å². The van der Waals surface area contributed by atoms with E-state index in [-0.39, 0.29) is 18.5 Å². The van der Waals surface area contributed by atoms with Crippen LogP contribution in [0, 0.1) is 6.92 Å². The predicted octanol–water partition coefficient (Wildman–Crippen LogP) is 2.01. The molecule has 0 bridgehead atoms. The van der Waals surface area contributed by atoms with Crippen molar-refractivity contribution < 1.29 is 19.2 Å². The summed E-state index contributed by atoms with van der Waals surface area (Å²) >= 11 is 0. The van der Waals surface area contributed by atoms with Gasteiger partial charge in [0.05, 0.1) is 5.69 Å². The van der Waals surface area contributed by atoms with Gasteiger partial charge in [-0.25, -0.2) is 0 Å². The Morgan fingerprint density at radius 2 is 2.05 bits per heavy atom. The molecule has 0 atom stereocenters. The van der Waals surface area contributed by atoms with Gasteiger partial charge in [-0.3, -0.25) is 9.59 Å². The number of nitrogens with zero attached hydrogens (tertiary/aromatic N) is 2. The molecule has 1 aromatic rings. The number of aromatic nitrogens is 1. The summed E-state index contributed by atoms with van der Waals surface area (Å²) in [5.41, 5.74) is 1.03. The molecule has 1 amide bonds.